The van der Waals surface area contributed by atoms with Gasteiger partial charge in [-0.15, -0.1) is 0 Å². The van der Waals surface area contributed by atoms with Crippen LogP contribution in [0.4, 0.5) is 0 Å². The molecule has 0 bridgehead atoms. The lowest BCUT2D eigenvalue weighted by Gasteiger charge is -2.41. The van der Waals surface area contributed by atoms with E-state index in [1.165, 1.54) is 12.8 Å². The van der Waals surface area contributed by atoms with Gasteiger partial charge >= 0.3 is 0 Å². The largest absolute Gasteiger partial charge is 0.393 e. The lowest BCUT2D eigenvalue weighted by atomic mass is 9.68. The maximum atomic E-state index is 9.71. The molecule has 0 heterocycles. The molecule has 0 amide bonds. The first kappa shape index (κ1) is 8.52. The van der Waals surface area contributed by atoms with Crippen LogP contribution in [0.5, 0.6) is 0 Å². The first-order valence-corrected chi connectivity index (χ1v) is 5.15. The molecule has 0 saturated heterocycles. The molecular formula is C10H18O2. The number of hydrogen-bond acceptors (Lipinski definition) is 2. The number of fused-ring (bicyclic) bond motifs is 1. The molecule has 0 aromatic rings. The van der Waals surface area contributed by atoms with E-state index in [1.807, 2.05) is 0 Å². The Hall–Kier alpha value is -0.0800. The molecule has 2 rings (SSSR count). The minimum absolute atomic E-state index is 0.201. The number of aliphatic hydroxyl groups excluding tert-OH is 2. The molecule has 0 aliphatic heterocycles. The van der Waals surface area contributed by atoms with Gasteiger partial charge in [-0.05, 0) is 31.6 Å². The summed E-state index contributed by atoms with van der Waals surface area (Å²) < 4.78 is 0. The zero-order valence-corrected chi connectivity index (χ0v) is 7.45. The van der Waals surface area contributed by atoms with Crippen molar-refractivity contribution in [3.63, 3.8) is 0 Å². The van der Waals surface area contributed by atoms with Crippen molar-refractivity contribution in [1.82, 2.24) is 0 Å². The quantitative estimate of drug-likeness (QED) is 0.575. The van der Waals surface area contributed by atoms with Gasteiger partial charge in [0.05, 0.1) is 12.2 Å². The molecule has 2 atom stereocenters. The smallest absolute Gasteiger partial charge is 0.0595 e. The van der Waals surface area contributed by atoms with E-state index < -0.39 is 0 Å². The van der Waals surface area contributed by atoms with Gasteiger partial charge in [0.1, 0.15) is 0 Å². The molecule has 2 nitrogen and oxygen atoms in total. The Morgan fingerprint density at radius 1 is 0.750 bits per heavy atom. The van der Waals surface area contributed by atoms with Crippen LogP contribution >= 0.6 is 0 Å². The third kappa shape index (κ3) is 1.38. The Labute approximate surface area is 73.6 Å². The van der Waals surface area contributed by atoms with E-state index in [2.05, 4.69) is 0 Å². The lowest BCUT2D eigenvalue weighted by molar-refractivity contribution is -0.0669. The highest BCUT2D eigenvalue weighted by molar-refractivity contribution is 4.89. The molecule has 2 aliphatic rings. The van der Waals surface area contributed by atoms with Crippen LogP contribution in [-0.2, 0) is 0 Å². The third-order valence-electron chi connectivity index (χ3n) is 3.58. The second-order valence-electron chi connectivity index (χ2n) is 4.33. The number of aliphatic hydroxyl groups is 2. The summed E-state index contributed by atoms with van der Waals surface area (Å²) in [6.45, 7) is 0. The van der Waals surface area contributed by atoms with Crippen LogP contribution in [0.15, 0.2) is 0 Å². The molecular weight excluding hydrogens is 152 g/mol. The highest BCUT2D eigenvalue weighted by Gasteiger charge is 2.39. The summed E-state index contributed by atoms with van der Waals surface area (Å²) in [4.78, 5) is 0. The molecule has 2 heteroatoms. The molecule has 2 fully saturated rings. The highest BCUT2D eigenvalue weighted by atomic mass is 16.3. The van der Waals surface area contributed by atoms with Crippen LogP contribution in [0.3, 0.4) is 0 Å². The van der Waals surface area contributed by atoms with E-state index >= 15 is 0 Å². The molecule has 12 heavy (non-hydrogen) atoms. The van der Waals surface area contributed by atoms with Gasteiger partial charge in [-0.25, -0.2) is 0 Å². The summed E-state index contributed by atoms with van der Waals surface area (Å²) in [5.41, 5.74) is 0. The van der Waals surface area contributed by atoms with Gasteiger partial charge in [0, 0.05) is 5.92 Å². The lowest BCUT2D eigenvalue weighted by Crippen LogP contribution is -2.43. The molecule has 70 valence electrons. The molecule has 0 unspecified atom stereocenters. The fraction of sp³-hybridized carbons (Fsp3) is 1.00. The molecule has 0 radical (unpaired) electrons. The summed E-state index contributed by atoms with van der Waals surface area (Å²) in [5, 5.41) is 19.4. The Balaban J connectivity index is 2.07. The van der Waals surface area contributed by atoms with Gasteiger partial charge < -0.3 is 10.2 Å². The van der Waals surface area contributed by atoms with E-state index in [1.54, 1.807) is 0 Å². The van der Waals surface area contributed by atoms with Gasteiger partial charge in [0.2, 0.25) is 0 Å². The zero-order valence-electron chi connectivity index (χ0n) is 7.45. The predicted octanol–water partition coefficient (Wildman–Crippen LogP) is 1.31. The van der Waals surface area contributed by atoms with Crippen LogP contribution in [0.25, 0.3) is 0 Å². The highest BCUT2D eigenvalue weighted by Crippen LogP contribution is 2.40. The van der Waals surface area contributed by atoms with Crippen molar-refractivity contribution in [1.29, 1.82) is 0 Å². The molecule has 2 aliphatic carbocycles. The minimum atomic E-state index is -0.223. The van der Waals surface area contributed by atoms with Gasteiger partial charge in [-0.1, -0.05) is 12.8 Å². The first-order valence-electron chi connectivity index (χ1n) is 5.15. The monoisotopic (exact) mass is 170 g/mol. The maximum Gasteiger partial charge on any atom is 0.0595 e. The van der Waals surface area contributed by atoms with Gasteiger partial charge in [0.25, 0.3) is 0 Å². The maximum absolute atomic E-state index is 9.71. The fourth-order valence-corrected chi connectivity index (χ4v) is 2.98. The van der Waals surface area contributed by atoms with Crippen molar-refractivity contribution >= 4 is 0 Å². The zero-order chi connectivity index (χ0) is 8.55. The number of rotatable bonds is 0. The van der Waals surface area contributed by atoms with Crippen molar-refractivity contribution in [3.8, 4) is 0 Å². The molecule has 0 aromatic heterocycles. The molecule has 0 aromatic carbocycles. The van der Waals surface area contributed by atoms with Crippen LogP contribution in [-0.4, -0.2) is 22.4 Å². The van der Waals surface area contributed by atoms with Crippen LogP contribution in [0.1, 0.15) is 38.5 Å². The van der Waals surface area contributed by atoms with Gasteiger partial charge in [-0.2, -0.15) is 0 Å². The van der Waals surface area contributed by atoms with E-state index in [0.29, 0.717) is 5.92 Å². The average Bonchev–Trinajstić information content (AvgIpc) is 2.04. The van der Waals surface area contributed by atoms with Crippen molar-refractivity contribution in [2.24, 2.45) is 11.8 Å². The summed E-state index contributed by atoms with van der Waals surface area (Å²) in [6, 6.07) is 0. The third-order valence-corrected chi connectivity index (χ3v) is 3.58. The topological polar surface area (TPSA) is 40.5 Å². The predicted molar refractivity (Wildman–Crippen MR) is 46.7 cm³/mol. The van der Waals surface area contributed by atoms with E-state index in [4.69, 9.17) is 0 Å². The average molecular weight is 170 g/mol. The van der Waals surface area contributed by atoms with Gasteiger partial charge in [-0.3, -0.25) is 0 Å². The molecule has 2 saturated carbocycles. The molecule has 2 N–H and O–H groups in total. The Morgan fingerprint density at radius 2 is 1.25 bits per heavy atom. The molecule has 0 spiro atoms. The first-order chi connectivity index (χ1) is 5.79. The number of hydrogen-bond donors (Lipinski definition) is 2. The SMILES string of the molecule is O[C@H]1CCCC2CCC[C@H](O)C21. The Kier molecular flexibility index (Phi) is 2.37. The summed E-state index contributed by atoms with van der Waals surface area (Å²) in [6.07, 6.45) is 6.09. The summed E-state index contributed by atoms with van der Waals surface area (Å²) in [5.74, 6) is 0.810. The van der Waals surface area contributed by atoms with Crippen LogP contribution < -0.4 is 0 Å². The fourth-order valence-electron chi connectivity index (χ4n) is 2.98. The van der Waals surface area contributed by atoms with Crippen molar-refractivity contribution < 1.29 is 10.2 Å². The van der Waals surface area contributed by atoms with E-state index in [-0.39, 0.29) is 18.1 Å². The second-order valence-corrected chi connectivity index (χ2v) is 4.33. The second kappa shape index (κ2) is 3.35. The van der Waals surface area contributed by atoms with Crippen molar-refractivity contribution in [3.05, 3.63) is 0 Å². The van der Waals surface area contributed by atoms with Crippen molar-refractivity contribution in [2.75, 3.05) is 0 Å². The normalized spacial score (nSPS) is 48.5. The summed E-state index contributed by atoms with van der Waals surface area (Å²) >= 11 is 0. The minimum Gasteiger partial charge on any atom is -0.393 e. The van der Waals surface area contributed by atoms with E-state index in [0.717, 1.165) is 25.7 Å². The Morgan fingerprint density at radius 3 is 1.67 bits per heavy atom. The van der Waals surface area contributed by atoms with Crippen LogP contribution in [0, 0.1) is 11.8 Å². The van der Waals surface area contributed by atoms with E-state index in [9.17, 15) is 10.2 Å². The Bertz CT molecular complexity index is 142. The summed E-state index contributed by atoms with van der Waals surface area (Å²) in [7, 11) is 0. The van der Waals surface area contributed by atoms with Crippen molar-refractivity contribution in [2.45, 2.75) is 50.7 Å². The standard InChI is InChI=1S/C10H18O2/c11-8-5-1-3-7-4-2-6-9(12)10(7)8/h7-12H,1-6H2/t7?,8-,9-,10?/m0/s1. The van der Waals surface area contributed by atoms with Gasteiger partial charge in [0.15, 0.2) is 0 Å². The van der Waals surface area contributed by atoms with Crippen LogP contribution in [0.2, 0.25) is 0 Å².